The summed E-state index contributed by atoms with van der Waals surface area (Å²) in [7, 11) is 0. The quantitative estimate of drug-likeness (QED) is 0.714. The molecule has 0 fully saturated rings. The molecule has 1 unspecified atom stereocenters. The number of fused-ring (bicyclic) bond motifs is 1. The first kappa shape index (κ1) is 9.53. The van der Waals surface area contributed by atoms with Gasteiger partial charge in [-0.05, 0) is 48.6 Å². The number of hydrogen-bond acceptors (Lipinski definition) is 2. The Kier molecular flexibility index (Phi) is 2.73. The van der Waals surface area contributed by atoms with Crippen LogP contribution in [0, 0.1) is 0 Å². The zero-order chi connectivity index (χ0) is 9.97. The number of nitrogen functional groups attached to an aromatic ring is 1. The van der Waals surface area contributed by atoms with E-state index in [1.165, 1.54) is 24.0 Å². The molecule has 1 aromatic carbocycles. The molecule has 0 saturated heterocycles. The summed E-state index contributed by atoms with van der Waals surface area (Å²) in [4.78, 5) is 0. The molecule has 0 bridgehead atoms. The van der Waals surface area contributed by atoms with Crippen molar-refractivity contribution in [3.05, 3.63) is 29.3 Å². The SMILES string of the molecule is CCNCC1CCc2cc(N)ccc21. The summed E-state index contributed by atoms with van der Waals surface area (Å²) in [6.45, 7) is 4.31. The fraction of sp³-hybridized carbons (Fsp3) is 0.500. The zero-order valence-corrected chi connectivity index (χ0v) is 8.72. The number of likely N-dealkylation sites (N-methyl/N-ethyl adjacent to an activating group) is 1. The second-order valence-electron chi connectivity index (χ2n) is 4.00. The normalized spacial score (nSPS) is 19.6. The van der Waals surface area contributed by atoms with Crippen molar-refractivity contribution in [2.45, 2.75) is 25.7 Å². The molecule has 1 atom stereocenters. The van der Waals surface area contributed by atoms with Crippen molar-refractivity contribution in [2.24, 2.45) is 0 Å². The van der Waals surface area contributed by atoms with E-state index in [1.54, 1.807) is 0 Å². The largest absolute Gasteiger partial charge is 0.399 e. The number of rotatable bonds is 3. The Morgan fingerprint density at radius 3 is 3.14 bits per heavy atom. The summed E-state index contributed by atoms with van der Waals surface area (Å²) in [6, 6.07) is 6.34. The highest BCUT2D eigenvalue weighted by Gasteiger charge is 2.21. The molecule has 0 aromatic heterocycles. The van der Waals surface area contributed by atoms with Gasteiger partial charge in [0.25, 0.3) is 0 Å². The van der Waals surface area contributed by atoms with Gasteiger partial charge in [-0.15, -0.1) is 0 Å². The third-order valence-electron chi connectivity index (χ3n) is 3.01. The van der Waals surface area contributed by atoms with Crippen molar-refractivity contribution in [2.75, 3.05) is 18.8 Å². The van der Waals surface area contributed by atoms with Crippen molar-refractivity contribution < 1.29 is 0 Å². The van der Waals surface area contributed by atoms with E-state index in [-0.39, 0.29) is 0 Å². The van der Waals surface area contributed by atoms with Crippen molar-refractivity contribution in [1.29, 1.82) is 0 Å². The second kappa shape index (κ2) is 4.01. The maximum absolute atomic E-state index is 5.76. The Morgan fingerprint density at radius 2 is 2.36 bits per heavy atom. The lowest BCUT2D eigenvalue weighted by Gasteiger charge is -2.11. The van der Waals surface area contributed by atoms with Gasteiger partial charge in [0.15, 0.2) is 0 Å². The predicted molar refractivity (Wildman–Crippen MR) is 60.5 cm³/mol. The van der Waals surface area contributed by atoms with Gasteiger partial charge in [-0.2, -0.15) is 0 Å². The molecular formula is C12H18N2. The minimum absolute atomic E-state index is 0.700. The maximum atomic E-state index is 5.76. The minimum Gasteiger partial charge on any atom is -0.399 e. The Hall–Kier alpha value is -1.02. The molecule has 0 amide bonds. The van der Waals surface area contributed by atoms with E-state index >= 15 is 0 Å². The molecule has 0 heterocycles. The summed E-state index contributed by atoms with van der Waals surface area (Å²) in [6.07, 6.45) is 2.46. The molecule has 1 aliphatic rings. The van der Waals surface area contributed by atoms with Crippen LogP contribution in [0.4, 0.5) is 5.69 Å². The van der Waals surface area contributed by atoms with Crippen LogP contribution in [0.2, 0.25) is 0 Å². The lowest BCUT2D eigenvalue weighted by atomic mass is 10.0. The third kappa shape index (κ3) is 1.75. The van der Waals surface area contributed by atoms with Crippen molar-refractivity contribution >= 4 is 5.69 Å². The van der Waals surface area contributed by atoms with Crippen LogP contribution in [0.5, 0.6) is 0 Å². The first-order chi connectivity index (χ1) is 6.81. The topological polar surface area (TPSA) is 38.0 Å². The van der Waals surface area contributed by atoms with Crippen molar-refractivity contribution in [3.8, 4) is 0 Å². The zero-order valence-electron chi connectivity index (χ0n) is 8.72. The third-order valence-corrected chi connectivity index (χ3v) is 3.01. The Bertz CT molecular complexity index is 320. The molecule has 1 aromatic rings. The van der Waals surface area contributed by atoms with Crippen LogP contribution in [-0.4, -0.2) is 13.1 Å². The number of anilines is 1. The van der Waals surface area contributed by atoms with Gasteiger partial charge in [0.1, 0.15) is 0 Å². The number of nitrogens with two attached hydrogens (primary N) is 1. The summed E-state index contributed by atoms with van der Waals surface area (Å²) in [5.41, 5.74) is 9.61. The first-order valence-electron chi connectivity index (χ1n) is 5.40. The van der Waals surface area contributed by atoms with E-state index in [2.05, 4.69) is 24.4 Å². The number of hydrogen-bond donors (Lipinski definition) is 2. The fourth-order valence-electron chi connectivity index (χ4n) is 2.26. The van der Waals surface area contributed by atoms with Gasteiger partial charge in [-0.25, -0.2) is 0 Å². The Balaban J connectivity index is 2.14. The van der Waals surface area contributed by atoms with E-state index in [0.29, 0.717) is 5.92 Å². The van der Waals surface area contributed by atoms with E-state index in [9.17, 15) is 0 Å². The van der Waals surface area contributed by atoms with Crippen LogP contribution in [0.25, 0.3) is 0 Å². The Labute approximate surface area is 85.5 Å². The predicted octanol–water partition coefficient (Wildman–Crippen LogP) is 1.91. The average Bonchev–Trinajstić information content (AvgIpc) is 2.57. The van der Waals surface area contributed by atoms with Crippen LogP contribution in [0.3, 0.4) is 0 Å². The van der Waals surface area contributed by atoms with Crippen LogP contribution >= 0.6 is 0 Å². The average molecular weight is 190 g/mol. The molecule has 2 nitrogen and oxygen atoms in total. The van der Waals surface area contributed by atoms with Crippen LogP contribution in [0.1, 0.15) is 30.4 Å². The molecule has 1 aliphatic carbocycles. The van der Waals surface area contributed by atoms with Gasteiger partial charge in [0.2, 0.25) is 0 Å². The highest BCUT2D eigenvalue weighted by atomic mass is 14.8. The molecule has 76 valence electrons. The van der Waals surface area contributed by atoms with E-state index in [4.69, 9.17) is 5.73 Å². The van der Waals surface area contributed by atoms with Crippen molar-refractivity contribution in [1.82, 2.24) is 5.32 Å². The number of benzene rings is 1. The van der Waals surface area contributed by atoms with Gasteiger partial charge in [0, 0.05) is 12.2 Å². The Morgan fingerprint density at radius 1 is 1.50 bits per heavy atom. The molecule has 2 heteroatoms. The van der Waals surface area contributed by atoms with Gasteiger partial charge >= 0.3 is 0 Å². The van der Waals surface area contributed by atoms with Crippen LogP contribution < -0.4 is 11.1 Å². The monoisotopic (exact) mass is 190 g/mol. The summed E-state index contributed by atoms with van der Waals surface area (Å²) < 4.78 is 0. The molecule has 0 saturated carbocycles. The molecular weight excluding hydrogens is 172 g/mol. The summed E-state index contributed by atoms with van der Waals surface area (Å²) in [5.74, 6) is 0.700. The molecule has 3 N–H and O–H groups in total. The van der Waals surface area contributed by atoms with Crippen LogP contribution in [0.15, 0.2) is 18.2 Å². The standard InChI is InChI=1S/C12H18N2/c1-2-14-8-10-4-3-9-7-11(13)5-6-12(9)10/h5-7,10,14H,2-4,8,13H2,1H3. The van der Waals surface area contributed by atoms with Gasteiger partial charge in [-0.1, -0.05) is 13.0 Å². The van der Waals surface area contributed by atoms with E-state index in [1.807, 2.05) is 6.07 Å². The minimum atomic E-state index is 0.700. The highest BCUT2D eigenvalue weighted by molar-refractivity contribution is 5.48. The smallest absolute Gasteiger partial charge is 0.0316 e. The molecule has 2 rings (SSSR count). The number of aryl methyl sites for hydroxylation is 1. The molecule has 0 aliphatic heterocycles. The summed E-state index contributed by atoms with van der Waals surface area (Å²) in [5, 5.41) is 3.41. The lowest BCUT2D eigenvalue weighted by Crippen LogP contribution is -2.19. The molecule has 0 spiro atoms. The van der Waals surface area contributed by atoms with Crippen molar-refractivity contribution in [3.63, 3.8) is 0 Å². The van der Waals surface area contributed by atoms with Crippen LogP contribution in [-0.2, 0) is 6.42 Å². The summed E-state index contributed by atoms with van der Waals surface area (Å²) >= 11 is 0. The molecule has 14 heavy (non-hydrogen) atoms. The second-order valence-corrected chi connectivity index (χ2v) is 4.00. The van der Waals surface area contributed by atoms with Gasteiger partial charge in [-0.3, -0.25) is 0 Å². The van der Waals surface area contributed by atoms with Gasteiger partial charge in [0.05, 0.1) is 0 Å². The van der Waals surface area contributed by atoms with E-state index in [0.717, 1.165) is 18.8 Å². The van der Waals surface area contributed by atoms with Gasteiger partial charge < -0.3 is 11.1 Å². The fourth-order valence-corrected chi connectivity index (χ4v) is 2.26. The molecule has 0 radical (unpaired) electrons. The maximum Gasteiger partial charge on any atom is 0.0316 e. The van der Waals surface area contributed by atoms with E-state index < -0.39 is 0 Å². The first-order valence-corrected chi connectivity index (χ1v) is 5.40. The number of nitrogens with one attached hydrogen (secondary N) is 1. The highest BCUT2D eigenvalue weighted by Crippen LogP contribution is 2.33. The lowest BCUT2D eigenvalue weighted by molar-refractivity contribution is 0.594.